The Bertz CT molecular complexity index is 401. The smallest absolute Gasteiger partial charge is 0.147 e. The van der Waals surface area contributed by atoms with Gasteiger partial charge in [0.05, 0.1) is 18.5 Å². The van der Waals surface area contributed by atoms with Gasteiger partial charge in [-0.15, -0.1) is 6.58 Å². The zero-order valence-electron chi connectivity index (χ0n) is 12.1. The number of hydrogen-bond acceptors (Lipinski definition) is 5. The molecule has 1 aromatic heterocycles. The lowest BCUT2D eigenvalue weighted by atomic mass is 10.1. The van der Waals surface area contributed by atoms with Crippen LogP contribution in [-0.2, 0) is 6.54 Å². The average molecular weight is 264 g/mol. The van der Waals surface area contributed by atoms with Gasteiger partial charge in [0.2, 0.25) is 0 Å². The van der Waals surface area contributed by atoms with Crippen molar-refractivity contribution in [3.05, 3.63) is 30.7 Å². The molecule has 0 aliphatic rings. The van der Waals surface area contributed by atoms with E-state index in [0.717, 1.165) is 11.5 Å². The van der Waals surface area contributed by atoms with Gasteiger partial charge in [0, 0.05) is 31.4 Å². The topological polar surface area (TPSA) is 61.3 Å². The predicted octanol–water partition coefficient (Wildman–Crippen LogP) is 1.35. The van der Waals surface area contributed by atoms with E-state index in [1.807, 2.05) is 4.90 Å². The number of nitrogens with one attached hydrogen (secondary N) is 1. The largest absolute Gasteiger partial charge is 0.395 e. The minimum absolute atomic E-state index is 0.0452. The van der Waals surface area contributed by atoms with Crippen LogP contribution < -0.4 is 10.2 Å². The summed E-state index contributed by atoms with van der Waals surface area (Å²) in [4.78, 5) is 10.7. The molecule has 0 saturated carbocycles. The summed E-state index contributed by atoms with van der Waals surface area (Å²) >= 11 is 0. The third-order valence-corrected chi connectivity index (χ3v) is 2.51. The zero-order chi connectivity index (χ0) is 14.3. The van der Waals surface area contributed by atoms with E-state index in [1.165, 1.54) is 0 Å². The molecule has 0 aromatic carbocycles. The van der Waals surface area contributed by atoms with Crippen molar-refractivity contribution >= 4 is 5.82 Å². The van der Waals surface area contributed by atoms with Gasteiger partial charge in [-0.25, -0.2) is 4.98 Å². The minimum Gasteiger partial charge on any atom is -0.395 e. The molecule has 0 spiro atoms. The predicted molar refractivity (Wildman–Crippen MR) is 78.1 cm³/mol. The molecular weight excluding hydrogens is 240 g/mol. The lowest BCUT2D eigenvalue weighted by Crippen LogP contribution is -2.35. The van der Waals surface area contributed by atoms with Crippen LogP contribution in [0.5, 0.6) is 0 Å². The van der Waals surface area contributed by atoms with Gasteiger partial charge in [0.1, 0.15) is 5.82 Å². The number of aliphatic hydroxyl groups is 1. The van der Waals surface area contributed by atoms with Crippen molar-refractivity contribution in [3.63, 3.8) is 0 Å². The van der Waals surface area contributed by atoms with E-state index in [0.29, 0.717) is 19.6 Å². The first kappa shape index (κ1) is 15.6. The van der Waals surface area contributed by atoms with Gasteiger partial charge in [-0.3, -0.25) is 4.98 Å². The Morgan fingerprint density at radius 1 is 1.42 bits per heavy atom. The molecule has 0 aliphatic carbocycles. The first-order valence-corrected chi connectivity index (χ1v) is 6.49. The number of aliphatic hydroxyl groups excluding tert-OH is 1. The third kappa shape index (κ3) is 5.81. The van der Waals surface area contributed by atoms with Crippen LogP contribution >= 0.6 is 0 Å². The van der Waals surface area contributed by atoms with Gasteiger partial charge >= 0.3 is 0 Å². The van der Waals surface area contributed by atoms with E-state index in [4.69, 9.17) is 5.11 Å². The van der Waals surface area contributed by atoms with Gasteiger partial charge < -0.3 is 15.3 Å². The van der Waals surface area contributed by atoms with Crippen LogP contribution in [0.15, 0.2) is 25.0 Å². The number of hydrogen-bond donors (Lipinski definition) is 2. The molecule has 1 rings (SSSR count). The number of aromatic nitrogens is 2. The first-order valence-electron chi connectivity index (χ1n) is 6.49. The van der Waals surface area contributed by atoms with Crippen molar-refractivity contribution in [2.24, 2.45) is 0 Å². The van der Waals surface area contributed by atoms with Crippen LogP contribution in [0.3, 0.4) is 0 Å². The number of rotatable bonds is 7. The molecule has 0 fully saturated rings. The molecule has 0 radical (unpaired) electrons. The summed E-state index contributed by atoms with van der Waals surface area (Å²) < 4.78 is 0. The highest BCUT2D eigenvalue weighted by atomic mass is 16.3. The first-order chi connectivity index (χ1) is 8.96. The Hall–Kier alpha value is -1.46. The van der Waals surface area contributed by atoms with E-state index >= 15 is 0 Å². The number of anilines is 1. The molecular formula is C14H24N4O. The highest BCUT2D eigenvalue weighted by Gasteiger charge is 2.11. The molecule has 1 aromatic rings. The Labute approximate surface area is 115 Å². The summed E-state index contributed by atoms with van der Waals surface area (Å²) in [6, 6.07) is 0. The second-order valence-corrected chi connectivity index (χ2v) is 5.43. The van der Waals surface area contributed by atoms with E-state index in [-0.39, 0.29) is 12.1 Å². The van der Waals surface area contributed by atoms with E-state index in [2.05, 4.69) is 42.6 Å². The summed E-state index contributed by atoms with van der Waals surface area (Å²) in [7, 11) is 0. The molecule has 0 saturated heterocycles. The fourth-order valence-corrected chi connectivity index (χ4v) is 1.56. The van der Waals surface area contributed by atoms with Gasteiger partial charge in [-0.1, -0.05) is 6.08 Å². The van der Waals surface area contributed by atoms with Crippen molar-refractivity contribution in [2.75, 3.05) is 24.6 Å². The summed E-state index contributed by atoms with van der Waals surface area (Å²) in [5, 5.41) is 12.4. The van der Waals surface area contributed by atoms with Crippen molar-refractivity contribution in [2.45, 2.75) is 32.9 Å². The third-order valence-electron chi connectivity index (χ3n) is 2.51. The van der Waals surface area contributed by atoms with Gasteiger partial charge in [-0.2, -0.15) is 0 Å². The van der Waals surface area contributed by atoms with Crippen molar-refractivity contribution in [3.8, 4) is 0 Å². The molecule has 1 heterocycles. The minimum atomic E-state index is 0.0452. The summed E-state index contributed by atoms with van der Waals surface area (Å²) in [5.41, 5.74) is 0.934. The van der Waals surface area contributed by atoms with Crippen LogP contribution in [0.25, 0.3) is 0 Å². The summed E-state index contributed by atoms with van der Waals surface area (Å²) in [6.07, 6.45) is 5.25. The molecule has 19 heavy (non-hydrogen) atoms. The van der Waals surface area contributed by atoms with E-state index in [1.54, 1.807) is 18.5 Å². The quantitative estimate of drug-likeness (QED) is 0.728. The highest BCUT2D eigenvalue weighted by molar-refractivity contribution is 5.37. The van der Waals surface area contributed by atoms with E-state index in [9.17, 15) is 0 Å². The van der Waals surface area contributed by atoms with Crippen LogP contribution in [0.4, 0.5) is 5.82 Å². The Kier molecular flexibility index (Phi) is 5.92. The zero-order valence-corrected chi connectivity index (χ0v) is 12.1. The molecule has 2 N–H and O–H groups in total. The standard InChI is InChI=1S/C14H24N4O/c1-5-6-18(7-8-19)13-11-15-9-12(17-13)10-16-14(2,3)4/h5,9,11,16,19H,1,6-8,10H2,2-4H3. The lowest BCUT2D eigenvalue weighted by Gasteiger charge is -2.22. The average Bonchev–Trinajstić information content (AvgIpc) is 2.36. The maximum Gasteiger partial charge on any atom is 0.147 e. The fraction of sp³-hybridized carbons (Fsp3) is 0.571. The maximum atomic E-state index is 9.07. The van der Waals surface area contributed by atoms with Crippen molar-refractivity contribution in [1.29, 1.82) is 0 Å². The molecule has 0 amide bonds. The highest BCUT2D eigenvalue weighted by Crippen LogP contribution is 2.10. The number of nitrogens with zero attached hydrogens (tertiary/aromatic N) is 3. The molecule has 0 bridgehead atoms. The van der Waals surface area contributed by atoms with Gasteiger partial charge in [-0.05, 0) is 20.8 Å². The molecule has 5 heteroatoms. The summed E-state index contributed by atoms with van der Waals surface area (Å²) in [5.74, 6) is 0.766. The van der Waals surface area contributed by atoms with Gasteiger partial charge in [0.25, 0.3) is 0 Å². The molecule has 106 valence electrons. The molecule has 0 unspecified atom stereocenters. The van der Waals surface area contributed by atoms with Crippen LogP contribution in [0.1, 0.15) is 26.5 Å². The maximum absolute atomic E-state index is 9.07. The Morgan fingerprint density at radius 3 is 2.74 bits per heavy atom. The van der Waals surface area contributed by atoms with E-state index < -0.39 is 0 Å². The van der Waals surface area contributed by atoms with Crippen LogP contribution in [-0.4, -0.2) is 40.3 Å². The normalized spacial score (nSPS) is 11.4. The van der Waals surface area contributed by atoms with Crippen LogP contribution in [0.2, 0.25) is 0 Å². The fourth-order valence-electron chi connectivity index (χ4n) is 1.56. The lowest BCUT2D eigenvalue weighted by molar-refractivity contribution is 0.302. The van der Waals surface area contributed by atoms with Crippen LogP contribution in [0, 0.1) is 0 Å². The van der Waals surface area contributed by atoms with Gasteiger partial charge in [0.15, 0.2) is 0 Å². The van der Waals surface area contributed by atoms with Crippen molar-refractivity contribution < 1.29 is 5.11 Å². The SMILES string of the molecule is C=CCN(CCO)c1cncc(CNC(C)(C)C)n1. The molecule has 5 nitrogen and oxygen atoms in total. The molecule has 0 aliphatic heterocycles. The monoisotopic (exact) mass is 264 g/mol. The second kappa shape index (κ2) is 7.21. The Balaban J connectivity index is 2.76. The second-order valence-electron chi connectivity index (χ2n) is 5.43. The summed E-state index contributed by atoms with van der Waals surface area (Å²) in [6.45, 7) is 12.0. The molecule has 0 atom stereocenters. The van der Waals surface area contributed by atoms with Crippen molar-refractivity contribution in [1.82, 2.24) is 15.3 Å². The Morgan fingerprint density at radius 2 is 2.16 bits per heavy atom.